The van der Waals surface area contributed by atoms with Crippen LogP contribution in [0.25, 0.3) is 0 Å². The molecule has 1 rings (SSSR count). The zero-order chi connectivity index (χ0) is 11.5. The number of nitrogens with two attached hydrogens (primary N) is 1. The molecule has 5 nitrogen and oxygen atoms in total. The molecule has 0 aliphatic carbocycles. The molecule has 0 bridgehead atoms. The Balaban J connectivity index is 2.80. The molecule has 0 aromatic carbocycles. The molecule has 1 heterocycles. The zero-order valence-corrected chi connectivity index (χ0v) is 9.66. The van der Waals surface area contributed by atoms with Gasteiger partial charge in [0, 0.05) is 18.8 Å². The molecule has 1 atom stereocenters. The van der Waals surface area contributed by atoms with Crippen LogP contribution >= 0.6 is 0 Å². The summed E-state index contributed by atoms with van der Waals surface area (Å²) in [5, 5.41) is 4.49. The second-order valence-corrected chi connectivity index (χ2v) is 5.34. The molecule has 0 aliphatic rings. The fraction of sp³-hybridized carbons (Fsp3) is 0.556. The Morgan fingerprint density at radius 2 is 1.93 bits per heavy atom. The third-order valence-corrected chi connectivity index (χ3v) is 3.59. The summed E-state index contributed by atoms with van der Waals surface area (Å²) in [6.45, 7) is 3.66. The van der Waals surface area contributed by atoms with Crippen molar-refractivity contribution in [3.05, 3.63) is 23.8 Å². The van der Waals surface area contributed by atoms with Crippen LogP contribution in [0.4, 0.5) is 0 Å². The number of hydrogen-bond acceptors (Lipinski definition) is 4. The molecule has 1 aromatic rings. The minimum absolute atomic E-state index is 0.273. The van der Waals surface area contributed by atoms with E-state index in [9.17, 15) is 8.42 Å². The van der Waals surface area contributed by atoms with Crippen LogP contribution in [-0.2, 0) is 16.4 Å². The van der Waals surface area contributed by atoms with E-state index in [4.69, 9.17) is 5.14 Å². The Labute approximate surface area is 89.8 Å². The number of hydrogen-bond donors (Lipinski definition) is 1. The highest BCUT2D eigenvalue weighted by atomic mass is 32.2. The summed E-state index contributed by atoms with van der Waals surface area (Å²) in [6.07, 6.45) is 4.07. The lowest BCUT2D eigenvalue weighted by atomic mass is 10.2. The molecule has 0 spiro atoms. The van der Waals surface area contributed by atoms with Gasteiger partial charge in [-0.2, -0.15) is 0 Å². The Morgan fingerprint density at radius 1 is 1.40 bits per heavy atom. The standard InChI is InChI=1S/C9H15N3O2S/c1-3-8(15(10,13)14)4-9-11-5-7(2)6-12-9/h5-6,8H,3-4H2,1-2H3,(H2,10,13,14). The van der Waals surface area contributed by atoms with Gasteiger partial charge in [0.2, 0.25) is 10.0 Å². The van der Waals surface area contributed by atoms with Gasteiger partial charge in [-0.3, -0.25) is 0 Å². The molecule has 0 aliphatic heterocycles. The molecule has 1 aromatic heterocycles. The quantitative estimate of drug-likeness (QED) is 0.809. The van der Waals surface area contributed by atoms with E-state index in [1.54, 1.807) is 19.3 Å². The summed E-state index contributed by atoms with van der Waals surface area (Å²) in [4.78, 5) is 8.10. The van der Waals surface area contributed by atoms with Gasteiger partial charge in [0.15, 0.2) is 0 Å². The van der Waals surface area contributed by atoms with Crippen LogP contribution < -0.4 is 5.14 Å². The monoisotopic (exact) mass is 229 g/mol. The molecule has 0 amide bonds. The van der Waals surface area contributed by atoms with Crippen LogP contribution in [-0.4, -0.2) is 23.6 Å². The lowest BCUT2D eigenvalue weighted by molar-refractivity contribution is 0.572. The Morgan fingerprint density at radius 3 is 2.33 bits per heavy atom. The van der Waals surface area contributed by atoms with E-state index < -0.39 is 15.3 Å². The molecule has 1 unspecified atom stereocenters. The largest absolute Gasteiger partial charge is 0.241 e. The van der Waals surface area contributed by atoms with Crippen LogP contribution in [0.1, 0.15) is 24.7 Å². The van der Waals surface area contributed by atoms with Gasteiger partial charge in [-0.05, 0) is 18.9 Å². The maximum atomic E-state index is 11.2. The highest BCUT2D eigenvalue weighted by molar-refractivity contribution is 7.89. The van der Waals surface area contributed by atoms with Crippen molar-refractivity contribution >= 4 is 10.0 Å². The zero-order valence-electron chi connectivity index (χ0n) is 8.84. The van der Waals surface area contributed by atoms with E-state index in [0.717, 1.165) is 5.56 Å². The van der Waals surface area contributed by atoms with Crippen molar-refractivity contribution in [2.45, 2.75) is 31.9 Å². The fourth-order valence-corrected chi connectivity index (χ4v) is 2.07. The molecule has 6 heteroatoms. The number of aryl methyl sites for hydroxylation is 1. The van der Waals surface area contributed by atoms with Crippen molar-refractivity contribution in [3.8, 4) is 0 Å². The second kappa shape index (κ2) is 4.67. The van der Waals surface area contributed by atoms with Gasteiger partial charge < -0.3 is 0 Å². The van der Waals surface area contributed by atoms with Crippen LogP contribution in [0.15, 0.2) is 12.4 Å². The molecular weight excluding hydrogens is 214 g/mol. The van der Waals surface area contributed by atoms with Gasteiger partial charge in [-0.1, -0.05) is 6.92 Å². The number of aromatic nitrogens is 2. The summed E-state index contributed by atoms with van der Waals surface area (Å²) in [5.41, 5.74) is 0.947. The topological polar surface area (TPSA) is 85.9 Å². The molecule has 15 heavy (non-hydrogen) atoms. The van der Waals surface area contributed by atoms with Gasteiger partial charge in [-0.15, -0.1) is 0 Å². The molecule has 0 fully saturated rings. The predicted molar refractivity (Wildman–Crippen MR) is 57.7 cm³/mol. The summed E-state index contributed by atoms with van der Waals surface area (Å²) in [6, 6.07) is 0. The first kappa shape index (κ1) is 12.1. The maximum Gasteiger partial charge on any atom is 0.212 e. The van der Waals surface area contributed by atoms with E-state index >= 15 is 0 Å². The Hall–Kier alpha value is -1.01. The third-order valence-electron chi connectivity index (χ3n) is 2.16. The SMILES string of the molecule is CCC(Cc1ncc(C)cn1)S(N)(=O)=O. The van der Waals surface area contributed by atoms with Crippen molar-refractivity contribution in [2.75, 3.05) is 0 Å². The van der Waals surface area contributed by atoms with Crippen LogP contribution in [0.5, 0.6) is 0 Å². The minimum atomic E-state index is -3.50. The number of primary sulfonamides is 1. The van der Waals surface area contributed by atoms with Gasteiger partial charge in [0.05, 0.1) is 5.25 Å². The second-order valence-electron chi connectivity index (χ2n) is 3.50. The minimum Gasteiger partial charge on any atom is -0.241 e. The van der Waals surface area contributed by atoms with Crippen LogP contribution in [0, 0.1) is 6.92 Å². The lowest BCUT2D eigenvalue weighted by Gasteiger charge is -2.10. The average molecular weight is 229 g/mol. The summed E-state index contributed by atoms with van der Waals surface area (Å²) in [7, 11) is -3.50. The molecule has 84 valence electrons. The van der Waals surface area contributed by atoms with Crippen molar-refractivity contribution < 1.29 is 8.42 Å². The molecule has 0 radical (unpaired) electrons. The van der Waals surface area contributed by atoms with E-state index in [2.05, 4.69) is 9.97 Å². The molecule has 2 N–H and O–H groups in total. The van der Waals surface area contributed by atoms with Gasteiger partial charge in [-0.25, -0.2) is 23.5 Å². The first-order chi connectivity index (χ1) is 6.93. The first-order valence-corrected chi connectivity index (χ1v) is 6.33. The van der Waals surface area contributed by atoms with E-state index in [-0.39, 0.29) is 6.42 Å². The Kier molecular flexibility index (Phi) is 3.76. The van der Waals surface area contributed by atoms with E-state index in [1.807, 2.05) is 6.92 Å². The lowest BCUT2D eigenvalue weighted by Crippen LogP contribution is -2.30. The first-order valence-electron chi connectivity index (χ1n) is 4.72. The van der Waals surface area contributed by atoms with Crippen molar-refractivity contribution in [1.29, 1.82) is 0 Å². The predicted octanol–water partition coefficient (Wildman–Crippen LogP) is 0.395. The highest BCUT2D eigenvalue weighted by Gasteiger charge is 2.20. The number of sulfonamides is 1. The Bertz CT molecular complexity index is 413. The van der Waals surface area contributed by atoms with Crippen LogP contribution in [0.2, 0.25) is 0 Å². The maximum absolute atomic E-state index is 11.2. The molecule has 0 saturated heterocycles. The third kappa shape index (κ3) is 3.56. The van der Waals surface area contributed by atoms with Gasteiger partial charge in [0.1, 0.15) is 5.82 Å². The average Bonchev–Trinajstić information content (AvgIpc) is 2.15. The van der Waals surface area contributed by atoms with Crippen LogP contribution in [0.3, 0.4) is 0 Å². The number of rotatable bonds is 4. The highest BCUT2D eigenvalue weighted by Crippen LogP contribution is 2.07. The van der Waals surface area contributed by atoms with Crippen molar-refractivity contribution in [3.63, 3.8) is 0 Å². The summed E-state index contributed by atoms with van der Waals surface area (Å²) >= 11 is 0. The van der Waals surface area contributed by atoms with Crippen molar-refractivity contribution in [2.24, 2.45) is 5.14 Å². The normalized spacial score (nSPS) is 13.8. The summed E-state index contributed by atoms with van der Waals surface area (Å²) < 4.78 is 22.3. The van der Waals surface area contributed by atoms with Gasteiger partial charge >= 0.3 is 0 Å². The number of nitrogens with zero attached hydrogens (tertiary/aromatic N) is 2. The van der Waals surface area contributed by atoms with E-state index in [0.29, 0.717) is 12.2 Å². The molecule has 0 saturated carbocycles. The van der Waals surface area contributed by atoms with Gasteiger partial charge in [0.25, 0.3) is 0 Å². The smallest absolute Gasteiger partial charge is 0.212 e. The van der Waals surface area contributed by atoms with Crippen molar-refractivity contribution in [1.82, 2.24) is 9.97 Å². The summed E-state index contributed by atoms with van der Waals surface area (Å²) in [5.74, 6) is 0.515. The van der Waals surface area contributed by atoms with E-state index in [1.165, 1.54) is 0 Å². The fourth-order valence-electron chi connectivity index (χ4n) is 1.22. The molecular formula is C9H15N3O2S.